The van der Waals surface area contributed by atoms with Crippen molar-refractivity contribution in [1.29, 1.82) is 0 Å². The Labute approximate surface area is 176 Å². The molecule has 0 saturated carbocycles. The van der Waals surface area contributed by atoms with E-state index < -0.39 is 17.5 Å². The van der Waals surface area contributed by atoms with Gasteiger partial charge >= 0.3 is 0 Å². The average Bonchev–Trinajstić information content (AvgIpc) is 2.59. The number of hydrogen-bond donors (Lipinski definition) is 1. The minimum absolute atomic E-state index is 0.0899. The lowest BCUT2D eigenvalue weighted by Gasteiger charge is -2.40. The normalized spacial score (nSPS) is 14.5. The molecule has 28 heavy (non-hydrogen) atoms. The maximum Gasteiger partial charge on any atom is 0.254 e. The molecule has 0 unspecified atom stereocenters. The van der Waals surface area contributed by atoms with Gasteiger partial charge in [-0.25, -0.2) is 13.2 Å². The first-order chi connectivity index (χ1) is 13.3. The number of hydrogen-bond acceptors (Lipinski definition) is 2. The van der Waals surface area contributed by atoms with Gasteiger partial charge in [-0.1, -0.05) is 19.9 Å². The molecule has 2 aromatic carbocycles. The highest BCUT2D eigenvalue weighted by Gasteiger charge is 2.33. The Hall–Kier alpha value is -1.61. The second-order valence-corrected chi connectivity index (χ2v) is 8.68. The van der Waals surface area contributed by atoms with Crippen molar-refractivity contribution in [2.24, 2.45) is 5.92 Å². The van der Waals surface area contributed by atoms with E-state index in [0.717, 1.165) is 12.6 Å². The first kappa shape index (κ1) is 21.1. The van der Waals surface area contributed by atoms with Crippen LogP contribution in [0.4, 0.5) is 13.2 Å². The van der Waals surface area contributed by atoms with Gasteiger partial charge in [0.2, 0.25) is 0 Å². The van der Waals surface area contributed by atoms with Crippen molar-refractivity contribution >= 4 is 28.5 Å². The highest BCUT2D eigenvalue weighted by Crippen LogP contribution is 2.26. The summed E-state index contributed by atoms with van der Waals surface area (Å²) in [7, 11) is 0. The van der Waals surface area contributed by atoms with Crippen molar-refractivity contribution < 1.29 is 18.0 Å². The van der Waals surface area contributed by atoms with Gasteiger partial charge in [0.05, 0.1) is 0 Å². The minimum atomic E-state index is -1.10. The molecule has 1 aliphatic heterocycles. The number of likely N-dealkylation sites (tertiary alicyclic amines) is 1. The van der Waals surface area contributed by atoms with Gasteiger partial charge in [-0.3, -0.25) is 4.79 Å². The van der Waals surface area contributed by atoms with E-state index in [1.807, 2.05) is 22.6 Å². The predicted octanol–water partition coefficient (Wildman–Crippen LogP) is 4.37. The number of carbonyl (C=O) groups excluding carboxylic acids is 1. The van der Waals surface area contributed by atoms with E-state index in [1.54, 1.807) is 11.0 Å². The number of amides is 1. The van der Waals surface area contributed by atoms with Crippen LogP contribution in [0.25, 0.3) is 0 Å². The van der Waals surface area contributed by atoms with E-state index in [2.05, 4.69) is 19.2 Å². The van der Waals surface area contributed by atoms with E-state index in [0.29, 0.717) is 28.6 Å². The highest BCUT2D eigenvalue weighted by atomic mass is 127. The molecular formula is C21H22F3IN2O. The highest BCUT2D eigenvalue weighted by molar-refractivity contribution is 14.1. The topological polar surface area (TPSA) is 32.3 Å². The van der Waals surface area contributed by atoms with E-state index >= 15 is 0 Å². The van der Waals surface area contributed by atoms with E-state index in [4.69, 9.17) is 0 Å². The fourth-order valence-corrected chi connectivity index (χ4v) is 3.71. The van der Waals surface area contributed by atoms with Crippen LogP contribution in [-0.4, -0.2) is 36.5 Å². The summed E-state index contributed by atoms with van der Waals surface area (Å²) in [6.07, 6.45) is -0.181. The molecule has 7 heteroatoms. The summed E-state index contributed by atoms with van der Waals surface area (Å²) in [5, 5.41) is 3.33. The average molecular weight is 502 g/mol. The number of nitrogens with zero attached hydrogens (tertiary/aromatic N) is 1. The van der Waals surface area contributed by atoms with Gasteiger partial charge in [-0.05, 0) is 52.4 Å². The van der Waals surface area contributed by atoms with Crippen LogP contribution < -0.4 is 5.32 Å². The molecule has 3 rings (SSSR count). The van der Waals surface area contributed by atoms with Crippen LogP contribution in [0.3, 0.4) is 0 Å². The van der Waals surface area contributed by atoms with Gasteiger partial charge in [0, 0.05) is 52.7 Å². The lowest BCUT2D eigenvalue weighted by Crippen LogP contribution is -2.54. The number of nitrogens with one attached hydrogen (secondary N) is 1. The largest absolute Gasteiger partial charge is 0.338 e. The van der Waals surface area contributed by atoms with Crippen molar-refractivity contribution in [3.8, 4) is 0 Å². The zero-order valence-electron chi connectivity index (χ0n) is 15.7. The lowest BCUT2D eigenvalue weighted by molar-refractivity contribution is 0.0496. The van der Waals surface area contributed by atoms with Crippen LogP contribution >= 0.6 is 22.6 Å². The van der Waals surface area contributed by atoms with E-state index in [9.17, 15) is 18.0 Å². The number of carbonyl (C=O) groups is 1. The zero-order valence-corrected chi connectivity index (χ0v) is 17.9. The third-order valence-corrected chi connectivity index (χ3v) is 5.54. The summed E-state index contributed by atoms with van der Waals surface area (Å²) in [6.45, 7) is 6.04. The maximum absolute atomic E-state index is 14.5. The fraction of sp³-hybridized carbons (Fsp3) is 0.381. The molecular weight excluding hydrogens is 480 g/mol. The molecule has 0 aromatic heterocycles. The summed E-state index contributed by atoms with van der Waals surface area (Å²) in [5.74, 6) is -2.64. The van der Waals surface area contributed by atoms with Crippen molar-refractivity contribution in [2.75, 3.05) is 19.6 Å². The minimum Gasteiger partial charge on any atom is -0.338 e. The summed E-state index contributed by atoms with van der Waals surface area (Å²) in [4.78, 5) is 14.5. The molecule has 0 aliphatic carbocycles. The number of halogens is 4. The summed E-state index contributed by atoms with van der Waals surface area (Å²) in [6, 6.07) is 7.17. The van der Waals surface area contributed by atoms with Crippen LogP contribution in [-0.2, 0) is 6.42 Å². The third kappa shape index (κ3) is 4.68. The number of rotatable bonds is 6. The maximum atomic E-state index is 14.5. The molecule has 150 valence electrons. The predicted molar refractivity (Wildman–Crippen MR) is 111 cm³/mol. The van der Waals surface area contributed by atoms with Gasteiger partial charge in [0.15, 0.2) is 11.6 Å². The Morgan fingerprint density at radius 1 is 1.18 bits per heavy atom. The first-order valence-corrected chi connectivity index (χ1v) is 10.3. The smallest absolute Gasteiger partial charge is 0.254 e. The summed E-state index contributed by atoms with van der Waals surface area (Å²) < 4.78 is 43.3. The Balaban J connectivity index is 1.80. The molecule has 0 spiro atoms. The van der Waals surface area contributed by atoms with Gasteiger partial charge in [-0.2, -0.15) is 0 Å². The standard InChI is InChI=1S/C21H22F3IN2O/c1-12(2)26-9-13-10-27(11-13)21(28)16-5-6-18(22)20(24)17(16)7-14-3-4-15(25)8-19(14)23/h3-6,8,12-13,26H,7,9-11H2,1-2H3. The fourth-order valence-electron chi connectivity index (χ4n) is 3.26. The molecule has 1 aliphatic rings. The van der Waals surface area contributed by atoms with Crippen molar-refractivity contribution in [3.05, 3.63) is 68.0 Å². The quantitative estimate of drug-likeness (QED) is 0.596. The van der Waals surface area contributed by atoms with Crippen LogP contribution in [0, 0.1) is 26.9 Å². The molecule has 1 amide bonds. The van der Waals surface area contributed by atoms with Crippen LogP contribution in [0.2, 0.25) is 0 Å². The van der Waals surface area contributed by atoms with Gasteiger partial charge in [0.1, 0.15) is 5.82 Å². The van der Waals surface area contributed by atoms with E-state index in [-0.39, 0.29) is 29.0 Å². The Morgan fingerprint density at radius 3 is 2.54 bits per heavy atom. The van der Waals surface area contributed by atoms with Crippen LogP contribution in [0.1, 0.15) is 35.3 Å². The molecule has 1 fully saturated rings. The van der Waals surface area contributed by atoms with Gasteiger partial charge in [-0.15, -0.1) is 0 Å². The van der Waals surface area contributed by atoms with Gasteiger partial charge in [0.25, 0.3) is 5.91 Å². The van der Waals surface area contributed by atoms with Gasteiger partial charge < -0.3 is 10.2 Å². The van der Waals surface area contributed by atoms with Crippen LogP contribution in [0.15, 0.2) is 30.3 Å². The number of benzene rings is 2. The molecule has 0 bridgehead atoms. The molecule has 2 aromatic rings. The van der Waals surface area contributed by atoms with Crippen molar-refractivity contribution in [3.63, 3.8) is 0 Å². The third-order valence-electron chi connectivity index (χ3n) is 4.87. The van der Waals surface area contributed by atoms with E-state index in [1.165, 1.54) is 18.2 Å². The van der Waals surface area contributed by atoms with Crippen molar-refractivity contribution in [1.82, 2.24) is 10.2 Å². The Morgan fingerprint density at radius 2 is 1.89 bits per heavy atom. The molecule has 1 N–H and O–H groups in total. The molecule has 1 saturated heterocycles. The Kier molecular flexibility index (Phi) is 6.65. The zero-order chi connectivity index (χ0) is 20.4. The SMILES string of the molecule is CC(C)NCC1CN(C(=O)c2ccc(F)c(F)c2Cc2ccc(I)cc2F)C1. The molecule has 0 atom stereocenters. The summed E-state index contributed by atoms with van der Waals surface area (Å²) in [5.41, 5.74) is 0.211. The van der Waals surface area contributed by atoms with Crippen LogP contribution in [0.5, 0.6) is 0 Å². The molecule has 3 nitrogen and oxygen atoms in total. The second-order valence-electron chi connectivity index (χ2n) is 7.44. The lowest BCUT2D eigenvalue weighted by atomic mass is 9.94. The second kappa shape index (κ2) is 8.82. The van der Waals surface area contributed by atoms with Crippen molar-refractivity contribution in [2.45, 2.75) is 26.3 Å². The summed E-state index contributed by atoms with van der Waals surface area (Å²) >= 11 is 1.98. The molecule has 0 radical (unpaired) electrons. The molecule has 1 heterocycles. The monoisotopic (exact) mass is 502 g/mol. The Bertz CT molecular complexity index is 882. The first-order valence-electron chi connectivity index (χ1n) is 9.19.